The van der Waals surface area contributed by atoms with E-state index >= 15 is 0 Å². The molecule has 1 N–H and O–H groups in total. The predicted octanol–water partition coefficient (Wildman–Crippen LogP) is 2.63. The molecule has 0 saturated carbocycles. The van der Waals surface area contributed by atoms with Gasteiger partial charge in [-0.1, -0.05) is 12.5 Å². The van der Waals surface area contributed by atoms with E-state index in [2.05, 4.69) is 31.3 Å². The van der Waals surface area contributed by atoms with E-state index in [4.69, 9.17) is 4.74 Å². The molecular weight excluding hydrogens is 174 g/mol. The Morgan fingerprint density at radius 2 is 2.50 bits per heavy atom. The number of rotatable bonds is 5. The normalized spacial score (nSPS) is 22.1. The van der Waals surface area contributed by atoms with Crippen LogP contribution in [-0.4, -0.2) is 19.2 Å². The molecule has 0 bridgehead atoms. The second kappa shape index (κ2) is 6.66. The first-order chi connectivity index (χ1) is 6.83. The number of nitrogens with one attached hydrogen (secondary N) is 1. The fourth-order valence-electron chi connectivity index (χ4n) is 1.51. The van der Waals surface area contributed by atoms with Crippen LogP contribution in [0.5, 0.6) is 0 Å². The Hall–Kier alpha value is -0.760. The van der Waals surface area contributed by atoms with Crippen molar-refractivity contribution in [3.05, 3.63) is 24.0 Å². The van der Waals surface area contributed by atoms with E-state index in [-0.39, 0.29) is 0 Å². The molecule has 0 fully saturated rings. The second-order valence-corrected chi connectivity index (χ2v) is 3.81. The molecule has 0 aromatic heterocycles. The Morgan fingerprint density at radius 1 is 1.64 bits per heavy atom. The van der Waals surface area contributed by atoms with E-state index in [1.807, 2.05) is 6.26 Å². The molecule has 1 heterocycles. The minimum absolute atomic E-state index is 0.295. The summed E-state index contributed by atoms with van der Waals surface area (Å²) in [6.07, 6.45) is 9.86. The maximum Gasteiger partial charge on any atom is 0.116 e. The quantitative estimate of drug-likeness (QED) is 0.538. The van der Waals surface area contributed by atoms with Gasteiger partial charge in [-0.25, -0.2) is 0 Å². The van der Waals surface area contributed by atoms with Gasteiger partial charge in [-0.3, -0.25) is 0 Å². The largest absolute Gasteiger partial charge is 0.494 e. The van der Waals surface area contributed by atoms with Gasteiger partial charge in [0.2, 0.25) is 0 Å². The zero-order chi connectivity index (χ0) is 10.2. The van der Waals surface area contributed by atoms with Crippen LogP contribution in [0.2, 0.25) is 0 Å². The summed E-state index contributed by atoms with van der Waals surface area (Å²) in [6.45, 7) is 6.42. The van der Waals surface area contributed by atoms with Gasteiger partial charge in [0.1, 0.15) is 6.10 Å². The zero-order valence-corrected chi connectivity index (χ0v) is 9.25. The van der Waals surface area contributed by atoms with Crippen molar-refractivity contribution in [2.45, 2.75) is 39.2 Å². The van der Waals surface area contributed by atoms with E-state index in [0.29, 0.717) is 6.10 Å². The third kappa shape index (κ3) is 4.47. The van der Waals surface area contributed by atoms with Crippen LogP contribution in [0.3, 0.4) is 0 Å². The standard InChI is InChI=1S/C12H21NO/c1-3-7-13-10-11(2)9-12-6-4-5-8-14-12/h5,8-9,12-13H,3-4,6-7,10H2,1-2H3/b11-9+. The first-order valence-electron chi connectivity index (χ1n) is 5.51. The van der Waals surface area contributed by atoms with Crippen molar-refractivity contribution in [2.24, 2.45) is 0 Å². The van der Waals surface area contributed by atoms with Gasteiger partial charge in [-0.15, -0.1) is 0 Å². The van der Waals surface area contributed by atoms with Crippen molar-refractivity contribution < 1.29 is 4.74 Å². The summed E-state index contributed by atoms with van der Waals surface area (Å²) in [4.78, 5) is 0. The van der Waals surface area contributed by atoms with E-state index in [9.17, 15) is 0 Å². The molecule has 0 aromatic rings. The lowest BCUT2D eigenvalue weighted by atomic mass is 10.1. The van der Waals surface area contributed by atoms with Crippen LogP contribution in [0.25, 0.3) is 0 Å². The van der Waals surface area contributed by atoms with Crippen molar-refractivity contribution in [3.8, 4) is 0 Å². The average molecular weight is 195 g/mol. The van der Waals surface area contributed by atoms with E-state index in [1.165, 1.54) is 12.0 Å². The van der Waals surface area contributed by atoms with Crippen molar-refractivity contribution in [2.75, 3.05) is 13.1 Å². The van der Waals surface area contributed by atoms with Gasteiger partial charge < -0.3 is 10.1 Å². The molecular formula is C12H21NO. The minimum atomic E-state index is 0.295. The van der Waals surface area contributed by atoms with Gasteiger partial charge in [0, 0.05) is 6.54 Å². The van der Waals surface area contributed by atoms with Crippen LogP contribution >= 0.6 is 0 Å². The zero-order valence-electron chi connectivity index (χ0n) is 9.25. The van der Waals surface area contributed by atoms with Crippen molar-refractivity contribution >= 4 is 0 Å². The highest BCUT2D eigenvalue weighted by Crippen LogP contribution is 2.12. The predicted molar refractivity (Wildman–Crippen MR) is 60.2 cm³/mol. The van der Waals surface area contributed by atoms with Crippen molar-refractivity contribution in [1.29, 1.82) is 0 Å². The van der Waals surface area contributed by atoms with E-state index in [1.54, 1.807) is 0 Å². The molecule has 80 valence electrons. The lowest BCUT2D eigenvalue weighted by Crippen LogP contribution is -2.18. The van der Waals surface area contributed by atoms with Gasteiger partial charge in [0.25, 0.3) is 0 Å². The summed E-state index contributed by atoms with van der Waals surface area (Å²) in [5, 5.41) is 3.38. The molecule has 1 aliphatic rings. The van der Waals surface area contributed by atoms with Crippen molar-refractivity contribution in [3.63, 3.8) is 0 Å². The monoisotopic (exact) mass is 195 g/mol. The topological polar surface area (TPSA) is 21.3 Å². The summed E-state index contributed by atoms with van der Waals surface area (Å²) in [6, 6.07) is 0. The van der Waals surface area contributed by atoms with Gasteiger partial charge in [-0.05, 0) is 44.9 Å². The molecule has 2 heteroatoms. The van der Waals surface area contributed by atoms with Crippen molar-refractivity contribution in [1.82, 2.24) is 5.32 Å². The molecule has 1 unspecified atom stereocenters. The summed E-state index contributed by atoms with van der Waals surface area (Å²) in [5.74, 6) is 0. The highest BCUT2D eigenvalue weighted by atomic mass is 16.5. The third-order valence-corrected chi connectivity index (χ3v) is 2.27. The van der Waals surface area contributed by atoms with E-state index in [0.717, 1.165) is 25.9 Å². The molecule has 0 spiro atoms. The number of allylic oxidation sites excluding steroid dienone is 1. The van der Waals surface area contributed by atoms with Gasteiger partial charge in [-0.2, -0.15) is 0 Å². The Labute approximate surface area is 87.0 Å². The number of hydrogen-bond donors (Lipinski definition) is 1. The molecule has 2 nitrogen and oxygen atoms in total. The van der Waals surface area contributed by atoms with Crippen LogP contribution in [-0.2, 0) is 4.74 Å². The maximum absolute atomic E-state index is 5.47. The third-order valence-electron chi connectivity index (χ3n) is 2.27. The molecule has 0 aliphatic carbocycles. The number of ether oxygens (including phenoxy) is 1. The molecule has 0 radical (unpaired) electrons. The lowest BCUT2D eigenvalue weighted by Gasteiger charge is -2.16. The van der Waals surface area contributed by atoms with Crippen LogP contribution in [0.4, 0.5) is 0 Å². The number of hydrogen-bond acceptors (Lipinski definition) is 2. The smallest absolute Gasteiger partial charge is 0.116 e. The Morgan fingerprint density at radius 3 is 3.14 bits per heavy atom. The maximum atomic E-state index is 5.47. The van der Waals surface area contributed by atoms with E-state index < -0.39 is 0 Å². The minimum Gasteiger partial charge on any atom is -0.494 e. The second-order valence-electron chi connectivity index (χ2n) is 3.81. The Kier molecular flexibility index (Phi) is 5.38. The molecule has 0 saturated heterocycles. The lowest BCUT2D eigenvalue weighted by molar-refractivity contribution is 0.164. The van der Waals surface area contributed by atoms with Crippen LogP contribution in [0.15, 0.2) is 24.0 Å². The molecule has 0 amide bonds. The van der Waals surface area contributed by atoms with Crippen LogP contribution in [0.1, 0.15) is 33.1 Å². The summed E-state index contributed by atoms with van der Waals surface area (Å²) < 4.78 is 5.47. The summed E-state index contributed by atoms with van der Waals surface area (Å²) in [5.41, 5.74) is 1.37. The molecule has 1 atom stereocenters. The first kappa shape index (κ1) is 11.3. The first-order valence-corrected chi connectivity index (χ1v) is 5.51. The highest BCUT2D eigenvalue weighted by molar-refractivity contribution is 5.06. The SMILES string of the molecule is CCCNC/C(C)=C/C1CCC=CO1. The molecule has 0 aromatic carbocycles. The highest BCUT2D eigenvalue weighted by Gasteiger charge is 2.07. The van der Waals surface area contributed by atoms with Gasteiger partial charge in [0.05, 0.1) is 6.26 Å². The Bertz CT molecular complexity index is 208. The molecule has 1 rings (SSSR count). The van der Waals surface area contributed by atoms with Gasteiger partial charge >= 0.3 is 0 Å². The van der Waals surface area contributed by atoms with Crippen LogP contribution < -0.4 is 5.32 Å². The van der Waals surface area contributed by atoms with Gasteiger partial charge in [0.15, 0.2) is 0 Å². The average Bonchev–Trinajstić information content (AvgIpc) is 2.20. The Balaban J connectivity index is 2.23. The summed E-state index contributed by atoms with van der Waals surface area (Å²) in [7, 11) is 0. The fraction of sp³-hybridized carbons (Fsp3) is 0.667. The summed E-state index contributed by atoms with van der Waals surface area (Å²) >= 11 is 0. The molecule has 1 aliphatic heterocycles. The molecule has 14 heavy (non-hydrogen) atoms. The van der Waals surface area contributed by atoms with Crippen LogP contribution in [0, 0.1) is 0 Å². The fourth-order valence-corrected chi connectivity index (χ4v) is 1.51.